The molecule has 0 aromatic heterocycles. The Morgan fingerprint density at radius 3 is 2.07 bits per heavy atom. The lowest BCUT2D eigenvalue weighted by atomic mass is 9.92. The molecule has 4 rings (SSSR count). The molecule has 1 heterocycles. The third-order valence-corrected chi connectivity index (χ3v) is 5.83. The third kappa shape index (κ3) is 4.25. The van der Waals surface area contributed by atoms with E-state index in [1.165, 1.54) is 22.3 Å². The Morgan fingerprint density at radius 2 is 1.41 bits per heavy atom. The van der Waals surface area contributed by atoms with E-state index in [-0.39, 0.29) is 11.9 Å². The average Bonchev–Trinajstić information content (AvgIpc) is 2.78. The molecule has 0 aliphatic carbocycles. The van der Waals surface area contributed by atoms with Crippen LogP contribution in [-0.2, 0) is 0 Å². The van der Waals surface area contributed by atoms with Crippen molar-refractivity contribution in [2.45, 2.75) is 19.9 Å². The summed E-state index contributed by atoms with van der Waals surface area (Å²) in [4.78, 5) is 17.3. The maximum Gasteiger partial charge on any atom is 0.253 e. The predicted octanol–water partition coefficient (Wildman–Crippen LogP) is 4.85. The lowest BCUT2D eigenvalue weighted by molar-refractivity contribution is 0.0597. The monoisotopic (exact) mass is 384 g/mol. The summed E-state index contributed by atoms with van der Waals surface area (Å²) in [7, 11) is 0. The van der Waals surface area contributed by atoms with Gasteiger partial charge in [-0.05, 0) is 42.7 Å². The minimum Gasteiger partial charge on any atom is -0.336 e. The van der Waals surface area contributed by atoms with E-state index >= 15 is 0 Å². The Balaban J connectivity index is 1.57. The molecular weight excluding hydrogens is 356 g/mol. The summed E-state index contributed by atoms with van der Waals surface area (Å²) in [5.74, 6) is 0.133. The van der Waals surface area contributed by atoms with Crippen LogP contribution in [-0.4, -0.2) is 41.9 Å². The van der Waals surface area contributed by atoms with Crippen molar-refractivity contribution in [3.63, 3.8) is 0 Å². The zero-order chi connectivity index (χ0) is 20.2. The maximum absolute atomic E-state index is 12.8. The summed E-state index contributed by atoms with van der Waals surface area (Å²) in [6.07, 6.45) is 0. The quantitative estimate of drug-likeness (QED) is 0.642. The van der Waals surface area contributed by atoms with Crippen LogP contribution in [0.25, 0.3) is 0 Å². The van der Waals surface area contributed by atoms with E-state index in [0.717, 1.165) is 31.7 Å². The van der Waals surface area contributed by atoms with Gasteiger partial charge in [-0.25, -0.2) is 0 Å². The summed E-state index contributed by atoms with van der Waals surface area (Å²) < 4.78 is 0. The number of rotatable bonds is 4. The van der Waals surface area contributed by atoms with Gasteiger partial charge in [-0.3, -0.25) is 9.69 Å². The molecule has 1 aliphatic rings. The fourth-order valence-electron chi connectivity index (χ4n) is 4.22. The van der Waals surface area contributed by atoms with Crippen LogP contribution >= 0.6 is 0 Å². The number of benzene rings is 3. The van der Waals surface area contributed by atoms with Crippen molar-refractivity contribution >= 4 is 5.91 Å². The Hall–Kier alpha value is -2.91. The Morgan fingerprint density at radius 1 is 0.793 bits per heavy atom. The van der Waals surface area contributed by atoms with Gasteiger partial charge >= 0.3 is 0 Å². The molecule has 3 nitrogen and oxygen atoms in total. The van der Waals surface area contributed by atoms with Crippen LogP contribution in [0.5, 0.6) is 0 Å². The largest absolute Gasteiger partial charge is 0.336 e. The first kappa shape index (κ1) is 19.4. The average molecular weight is 385 g/mol. The highest BCUT2D eigenvalue weighted by molar-refractivity contribution is 5.94. The lowest BCUT2D eigenvalue weighted by Crippen LogP contribution is -2.50. The highest BCUT2D eigenvalue weighted by Crippen LogP contribution is 2.32. The van der Waals surface area contributed by atoms with E-state index < -0.39 is 0 Å². The van der Waals surface area contributed by atoms with Crippen LogP contribution in [0, 0.1) is 13.8 Å². The second-order valence-corrected chi connectivity index (χ2v) is 7.87. The van der Waals surface area contributed by atoms with Gasteiger partial charge in [0.25, 0.3) is 5.91 Å². The molecular formula is C26H28N2O. The number of hydrogen-bond donors (Lipinski definition) is 0. The first-order valence-corrected chi connectivity index (χ1v) is 10.3. The molecule has 1 aliphatic heterocycles. The highest BCUT2D eigenvalue weighted by Gasteiger charge is 2.29. The van der Waals surface area contributed by atoms with E-state index in [4.69, 9.17) is 0 Å². The van der Waals surface area contributed by atoms with Crippen molar-refractivity contribution in [2.24, 2.45) is 0 Å². The predicted molar refractivity (Wildman–Crippen MR) is 118 cm³/mol. The Bertz CT molecular complexity index is 961. The van der Waals surface area contributed by atoms with Crippen LogP contribution in [0.1, 0.15) is 38.7 Å². The molecule has 3 aromatic carbocycles. The van der Waals surface area contributed by atoms with Gasteiger partial charge in [-0.15, -0.1) is 0 Å². The molecule has 1 saturated heterocycles. The molecule has 0 N–H and O–H groups in total. The van der Waals surface area contributed by atoms with E-state index in [1.807, 2.05) is 35.2 Å². The number of carbonyl (C=O) groups excluding carboxylic acids is 1. The van der Waals surface area contributed by atoms with Crippen molar-refractivity contribution in [1.29, 1.82) is 0 Å². The molecule has 1 atom stereocenters. The zero-order valence-electron chi connectivity index (χ0n) is 17.2. The SMILES string of the molecule is Cc1ccc(C)c(C(c2ccccc2)N2CCN(C(=O)c3ccccc3)CC2)c1. The topological polar surface area (TPSA) is 23.6 Å². The van der Waals surface area contributed by atoms with Crippen molar-refractivity contribution < 1.29 is 4.79 Å². The number of piperazine rings is 1. The standard InChI is InChI=1S/C26H28N2O/c1-20-13-14-21(2)24(19-20)25(22-9-5-3-6-10-22)27-15-17-28(18-16-27)26(29)23-11-7-4-8-12-23/h3-14,19,25H,15-18H2,1-2H3. The van der Waals surface area contributed by atoms with Crippen molar-refractivity contribution in [3.05, 3.63) is 107 Å². The fraction of sp³-hybridized carbons (Fsp3) is 0.269. The second-order valence-electron chi connectivity index (χ2n) is 7.87. The molecule has 1 unspecified atom stereocenters. The molecule has 3 aromatic rings. The first-order valence-electron chi connectivity index (χ1n) is 10.3. The molecule has 0 radical (unpaired) electrons. The summed E-state index contributed by atoms with van der Waals surface area (Å²) in [6, 6.07) is 27.3. The number of amides is 1. The highest BCUT2D eigenvalue weighted by atomic mass is 16.2. The van der Waals surface area contributed by atoms with Gasteiger partial charge < -0.3 is 4.90 Å². The van der Waals surface area contributed by atoms with Gasteiger partial charge in [0.05, 0.1) is 6.04 Å². The summed E-state index contributed by atoms with van der Waals surface area (Å²) in [5.41, 5.74) is 6.04. The summed E-state index contributed by atoms with van der Waals surface area (Å²) >= 11 is 0. The van der Waals surface area contributed by atoms with Gasteiger partial charge in [0.2, 0.25) is 0 Å². The smallest absolute Gasteiger partial charge is 0.253 e. The molecule has 3 heteroatoms. The second kappa shape index (κ2) is 8.62. The van der Waals surface area contributed by atoms with Crippen LogP contribution in [0.2, 0.25) is 0 Å². The van der Waals surface area contributed by atoms with E-state index in [1.54, 1.807) is 0 Å². The normalized spacial score (nSPS) is 15.9. The van der Waals surface area contributed by atoms with Gasteiger partial charge in [0.15, 0.2) is 0 Å². The number of carbonyl (C=O) groups is 1. The van der Waals surface area contributed by atoms with Crippen LogP contribution in [0.15, 0.2) is 78.9 Å². The molecule has 1 amide bonds. The van der Waals surface area contributed by atoms with E-state index in [0.29, 0.717) is 0 Å². The Kier molecular flexibility index (Phi) is 5.77. The number of nitrogens with zero attached hydrogens (tertiary/aromatic N) is 2. The van der Waals surface area contributed by atoms with Gasteiger partial charge in [0.1, 0.15) is 0 Å². The minimum atomic E-state index is 0.133. The van der Waals surface area contributed by atoms with Gasteiger partial charge in [0, 0.05) is 31.7 Å². The van der Waals surface area contributed by atoms with Crippen molar-refractivity contribution in [2.75, 3.05) is 26.2 Å². The van der Waals surface area contributed by atoms with Crippen molar-refractivity contribution in [3.8, 4) is 0 Å². The third-order valence-electron chi connectivity index (χ3n) is 5.83. The molecule has 29 heavy (non-hydrogen) atoms. The first-order chi connectivity index (χ1) is 14.1. The van der Waals surface area contributed by atoms with Crippen LogP contribution in [0.4, 0.5) is 0 Å². The molecule has 0 spiro atoms. The molecule has 0 saturated carbocycles. The van der Waals surface area contributed by atoms with Gasteiger partial charge in [-0.1, -0.05) is 72.3 Å². The molecule has 148 valence electrons. The minimum absolute atomic E-state index is 0.133. The Labute approximate surface area is 173 Å². The fourth-order valence-corrected chi connectivity index (χ4v) is 4.22. The number of aryl methyl sites for hydroxylation is 2. The molecule has 0 bridgehead atoms. The summed E-state index contributed by atoms with van der Waals surface area (Å²) in [6.45, 7) is 7.59. The lowest BCUT2D eigenvalue weighted by Gasteiger charge is -2.40. The molecule has 1 fully saturated rings. The van der Waals surface area contributed by atoms with E-state index in [9.17, 15) is 4.79 Å². The van der Waals surface area contributed by atoms with Gasteiger partial charge in [-0.2, -0.15) is 0 Å². The van der Waals surface area contributed by atoms with Crippen LogP contribution < -0.4 is 0 Å². The maximum atomic E-state index is 12.8. The zero-order valence-corrected chi connectivity index (χ0v) is 17.2. The summed E-state index contributed by atoms with van der Waals surface area (Å²) in [5, 5.41) is 0. The van der Waals surface area contributed by atoms with Crippen LogP contribution in [0.3, 0.4) is 0 Å². The van der Waals surface area contributed by atoms with Crippen molar-refractivity contribution in [1.82, 2.24) is 9.80 Å². The van der Waals surface area contributed by atoms with E-state index in [2.05, 4.69) is 67.3 Å². The number of hydrogen-bond acceptors (Lipinski definition) is 2.